The number of hydrogen-bond acceptors (Lipinski definition) is 8. The summed E-state index contributed by atoms with van der Waals surface area (Å²) < 4.78 is 23.8. The van der Waals surface area contributed by atoms with E-state index in [0.717, 1.165) is 5.56 Å². The lowest BCUT2D eigenvalue weighted by Crippen LogP contribution is -2.50. The van der Waals surface area contributed by atoms with Gasteiger partial charge in [0.1, 0.15) is 11.6 Å². The van der Waals surface area contributed by atoms with Gasteiger partial charge in [-0.3, -0.25) is 14.5 Å². The van der Waals surface area contributed by atoms with E-state index in [-0.39, 0.29) is 29.9 Å². The van der Waals surface area contributed by atoms with Gasteiger partial charge in [-0.05, 0) is 37.3 Å². The van der Waals surface area contributed by atoms with Gasteiger partial charge in [-0.1, -0.05) is 11.8 Å². The van der Waals surface area contributed by atoms with E-state index in [4.69, 9.17) is 8.83 Å². The number of furan rings is 1. The first kappa shape index (κ1) is 22.0. The van der Waals surface area contributed by atoms with Crippen LogP contribution < -0.4 is 5.32 Å². The molecule has 3 aromatic rings. The van der Waals surface area contributed by atoms with Crippen molar-refractivity contribution >= 4 is 29.3 Å². The summed E-state index contributed by atoms with van der Waals surface area (Å²) in [5.41, 5.74) is 1.28. The van der Waals surface area contributed by atoms with E-state index in [1.54, 1.807) is 17.2 Å². The summed E-state index contributed by atoms with van der Waals surface area (Å²) in [7, 11) is 0. The molecule has 3 heterocycles. The number of aryl methyl sites for hydroxylation is 1. The molecule has 9 nitrogen and oxygen atoms in total. The fourth-order valence-electron chi connectivity index (χ4n) is 3.29. The van der Waals surface area contributed by atoms with Crippen LogP contribution in [-0.2, 0) is 9.59 Å². The normalized spacial score (nSPS) is 14.5. The van der Waals surface area contributed by atoms with Crippen LogP contribution in [0, 0.1) is 12.7 Å². The maximum atomic E-state index is 13.0. The van der Waals surface area contributed by atoms with Gasteiger partial charge in [0.2, 0.25) is 11.8 Å². The smallest absolute Gasteiger partial charge is 0.277 e. The Morgan fingerprint density at radius 3 is 2.56 bits per heavy atom. The first-order chi connectivity index (χ1) is 15.5. The summed E-state index contributed by atoms with van der Waals surface area (Å²) in [6.07, 6.45) is 1.55. The molecule has 1 aliphatic rings. The minimum Gasteiger partial charge on any atom is -0.469 e. The van der Waals surface area contributed by atoms with Crippen LogP contribution >= 0.6 is 11.8 Å². The molecule has 168 valence electrons. The largest absolute Gasteiger partial charge is 0.469 e. The van der Waals surface area contributed by atoms with Crippen molar-refractivity contribution in [2.45, 2.75) is 12.1 Å². The number of rotatable bonds is 7. The maximum Gasteiger partial charge on any atom is 0.277 e. The highest BCUT2D eigenvalue weighted by Crippen LogP contribution is 2.26. The molecule has 0 atom stereocenters. The summed E-state index contributed by atoms with van der Waals surface area (Å²) in [6, 6.07) is 7.38. The second kappa shape index (κ2) is 9.96. The van der Waals surface area contributed by atoms with Crippen molar-refractivity contribution in [3.8, 4) is 11.5 Å². The summed E-state index contributed by atoms with van der Waals surface area (Å²) in [5, 5.41) is 11.0. The molecule has 1 saturated heterocycles. The second-order valence-electron chi connectivity index (χ2n) is 7.26. The molecular formula is C21H22FN5O4S. The van der Waals surface area contributed by atoms with Gasteiger partial charge in [-0.25, -0.2) is 4.39 Å². The van der Waals surface area contributed by atoms with Crippen LogP contribution in [0.4, 0.5) is 10.1 Å². The molecule has 2 amide bonds. The van der Waals surface area contributed by atoms with Gasteiger partial charge < -0.3 is 19.1 Å². The molecule has 0 aliphatic carbocycles. The first-order valence-electron chi connectivity index (χ1n) is 10.0. The van der Waals surface area contributed by atoms with Gasteiger partial charge in [-0.2, -0.15) is 0 Å². The Morgan fingerprint density at radius 1 is 1.12 bits per heavy atom. The summed E-state index contributed by atoms with van der Waals surface area (Å²) in [4.78, 5) is 28.5. The molecule has 1 fully saturated rings. The number of carbonyl (C=O) groups excluding carboxylic acids is 2. The molecule has 0 unspecified atom stereocenters. The van der Waals surface area contributed by atoms with E-state index < -0.39 is 0 Å². The zero-order chi connectivity index (χ0) is 22.5. The number of thioether (sulfide) groups is 1. The van der Waals surface area contributed by atoms with E-state index in [9.17, 15) is 14.0 Å². The lowest BCUT2D eigenvalue weighted by Gasteiger charge is -2.34. The number of benzene rings is 1. The lowest BCUT2D eigenvalue weighted by atomic mass is 10.3. The number of halogens is 1. The number of anilines is 1. The number of carbonyl (C=O) groups is 2. The third-order valence-electron chi connectivity index (χ3n) is 5.03. The van der Waals surface area contributed by atoms with Gasteiger partial charge in [0.15, 0.2) is 0 Å². The van der Waals surface area contributed by atoms with E-state index in [2.05, 4.69) is 15.5 Å². The molecule has 1 N–H and O–H groups in total. The molecule has 2 aromatic heterocycles. The summed E-state index contributed by atoms with van der Waals surface area (Å²) in [5.74, 6) is 0.687. The van der Waals surface area contributed by atoms with Gasteiger partial charge in [0.25, 0.3) is 11.1 Å². The third-order valence-corrected chi connectivity index (χ3v) is 5.84. The Hall–Kier alpha value is -3.18. The van der Waals surface area contributed by atoms with Crippen molar-refractivity contribution in [3.63, 3.8) is 0 Å². The SMILES string of the molecule is Cc1occc1-c1nnc(SCC(=O)N2CCN(CC(=O)Nc3ccc(F)cc3)CC2)o1. The molecule has 0 saturated carbocycles. The fraction of sp³-hybridized carbons (Fsp3) is 0.333. The highest BCUT2D eigenvalue weighted by Gasteiger charge is 2.23. The zero-order valence-corrected chi connectivity index (χ0v) is 18.2. The van der Waals surface area contributed by atoms with Crippen molar-refractivity contribution in [2.24, 2.45) is 0 Å². The monoisotopic (exact) mass is 459 g/mol. The molecule has 1 aliphatic heterocycles. The van der Waals surface area contributed by atoms with Crippen LogP contribution in [0.15, 0.2) is 50.7 Å². The Balaban J connectivity index is 1.19. The average molecular weight is 460 g/mol. The van der Waals surface area contributed by atoms with Crippen molar-refractivity contribution in [1.82, 2.24) is 20.0 Å². The minimum absolute atomic E-state index is 0.0235. The van der Waals surface area contributed by atoms with Crippen LogP contribution in [0.5, 0.6) is 0 Å². The van der Waals surface area contributed by atoms with Crippen LogP contribution in [0.1, 0.15) is 5.76 Å². The van der Waals surface area contributed by atoms with Gasteiger partial charge in [0, 0.05) is 31.9 Å². The van der Waals surface area contributed by atoms with Crippen molar-refractivity contribution in [1.29, 1.82) is 0 Å². The van der Waals surface area contributed by atoms with E-state index in [1.165, 1.54) is 36.0 Å². The number of nitrogens with zero attached hydrogens (tertiary/aromatic N) is 4. The average Bonchev–Trinajstić information content (AvgIpc) is 3.42. The van der Waals surface area contributed by atoms with Gasteiger partial charge in [-0.15, -0.1) is 10.2 Å². The molecule has 32 heavy (non-hydrogen) atoms. The number of piperazine rings is 1. The highest BCUT2D eigenvalue weighted by atomic mass is 32.2. The van der Waals surface area contributed by atoms with E-state index in [1.807, 2.05) is 11.8 Å². The maximum absolute atomic E-state index is 13.0. The number of aromatic nitrogens is 2. The predicted octanol–water partition coefficient (Wildman–Crippen LogP) is 2.65. The Bertz CT molecular complexity index is 1080. The van der Waals surface area contributed by atoms with Crippen molar-refractivity contribution in [3.05, 3.63) is 48.2 Å². The van der Waals surface area contributed by atoms with Gasteiger partial charge >= 0.3 is 0 Å². The number of nitrogens with one attached hydrogen (secondary N) is 1. The quantitative estimate of drug-likeness (QED) is 0.538. The van der Waals surface area contributed by atoms with Crippen LogP contribution in [0.3, 0.4) is 0 Å². The number of hydrogen-bond donors (Lipinski definition) is 1. The number of amides is 2. The molecule has 4 rings (SSSR count). The third kappa shape index (κ3) is 5.54. The molecule has 0 spiro atoms. The molecular weight excluding hydrogens is 437 g/mol. The Labute approximate surface area is 188 Å². The van der Waals surface area contributed by atoms with Gasteiger partial charge in [0.05, 0.1) is 24.1 Å². The fourth-order valence-corrected chi connectivity index (χ4v) is 3.96. The lowest BCUT2D eigenvalue weighted by molar-refractivity contribution is -0.130. The molecule has 11 heteroatoms. The summed E-state index contributed by atoms with van der Waals surface area (Å²) >= 11 is 1.19. The van der Waals surface area contributed by atoms with Crippen LogP contribution in [0.25, 0.3) is 11.5 Å². The van der Waals surface area contributed by atoms with Crippen molar-refractivity contribution in [2.75, 3.05) is 43.8 Å². The molecule has 0 radical (unpaired) electrons. The first-order valence-corrected chi connectivity index (χ1v) is 11.0. The minimum atomic E-state index is -0.352. The van der Waals surface area contributed by atoms with Crippen LogP contribution in [0.2, 0.25) is 0 Å². The Kier molecular flexibility index (Phi) is 6.86. The second-order valence-corrected chi connectivity index (χ2v) is 8.19. The topological polar surface area (TPSA) is 105 Å². The summed E-state index contributed by atoms with van der Waals surface area (Å²) in [6.45, 7) is 4.28. The highest BCUT2D eigenvalue weighted by molar-refractivity contribution is 7.99. The molecule has 1 aromatic carbocycles. The predicted molar refractivity (Wildman–Crippen MR) is 116 cm³/mol. The molecule has 0 bridgehead atoms. The zero-order valence-electron chi connectivity index (χ0n) is 17.4. The van der Waals surface area contributed by atoms with E-state index in [0.29, 0.717) is 48.7 Å². The standard InChI is InChI=1S/C21H22FN5O4S/c1-14-17(6-11-30-14)20-24-25-21(31-20)32-13-19(29)27-9-7-26(8-10-27)12-18(28)23-16-4-2-15(22)3-5-16/h2-6,11H,7-10,12-13H2,1H3,(H,23,28). The van der Waals surface area contributed by atoms with Crippen LogP contribution in [-0.4, -0.2) is 70.3 Å². The van der Waals surface area contributed by atoms with Crippen molar-refractivity contribution < 1.29 is 22.8 Å². The Morgan fingerprint density at radius 2 is 1.88 bits per heavy atom. The van der Waals surface area contributed by atoms with E-state index >= 15 is 0 Å².